The van der Waals surface area contributed by atoms with Crippen LogP contribution in [0.15, 0.2) is 60.9 Å². The largest absolute Gasteiger partial charge is 0.492 e. The number of carbonyl (C=O) groups is 1. The summed E-state index contributed by atoms with van der Waals surface area (Å²) in [6, 6.07) is 16.2. The molecule has 0 saturated heterocycles. The van der Waals surface area contributed by atoms with Crippen LogP contribution in [0.2, 0.25) is 0 Å². The summed E-state index contributed by atoms with van der Waals surface area (Å²) in [7, 11) is 1.72. The molecule has 0 fully saturated rings. The van der Waals surface area contributed by atoms with Crippen molar-refractivity contribution in [2.24, 2.45) is 0 Å². The first-order chi connectivity index (χ1) is 12.7. The first-order valence-corrected chi connectivity index (χ1v) is 8.02. The molecule has 0 aliphatic carbocycles. The zero-order valence-electron chi connectivity index (χ0n) is 14.2. The minimum atomic E-state index is -0.0930. The molecule has 0 spiro atoms. The maximum atomic E-state index is 12.5. The van der Waals surface area contributed by atoms with Crippen LogP contribution >= 0.6 is 0 Å². The molecule has 3 aromatic rings. The second kappa shape index (κ2) is 7.94. The van der Waals surface area contributed by atoms with Crippen molar-refractivity contribution in [2.45, 2.75) is 0 Å². The first kappa shape index (κ1) is 17.2. The predicted molar refractivity (Wildman–Crippen MR) is 95.0 cm³/mol. The molecule has 7 nitrogen and oxygen atoms in total. The molecule has 0 N–H and O–H groups in total. The van der Waals surface area contributed by atoms with Crippen molar-refractivity contribution in [3.8, 4) is 17.5 Å². The summed E-state index contributed by atoms with van der Waals surface area (Å²) in [5.74, 6) is 0.520. The third-order valence-electron chi connectivity index (χ3n) is 3.81. The number of amides is 1. The molecule has 0 radical (unpaired) electrons. The fraction of sp³-hybridized carbons (Fsp3) is 0.158. The number of nitriles is 1. The van der Waals surface area contributed by atoms with E-state index in [-0.39, 0.29) is 5.91 Å². The van der Waals surface area contributed by atoms with Crippen molar-refractivity contribution in [2.75, 3.05) is 20.2 Å². The van der Waals surface area contributed by atoms with Gasteiger partial charge in [0.1, 0.15) is 12.4 Å². The molecule has 1 aromatic heterocycles. The molecule has 3 rings (SSSR count). The zero-order chi connectivity index (χ0) is 18.4. The molecular weight excluding hydrogens is 330 g/mol. The van der Waals surface area contributed by atoms with Crippen molar-refractivity contribution in [1.29, 1.82) is 5.26 Å². The Morgan fingerprint density at radius 1 is 1.27 bits per heavy atom. The van der Waals surface area contributed by atoms with E-state index in [2.05, 4.69) is 16.4 Å². The summed E-state index contributed by atoms with van der Waals surface area (Å²) >= 11 is 0. The molecule has 0 unspecified atom stereocenters. The molecule has 0 aliphatic rings. The molecule has 0 bridgehead atoms. The van der Waals surface area contributed by atoms with Gasteiger partial charge in [0.15, 0.2) is 0 Å². The molecule has 7 heteroatoms. The Labute approximate surface area is 151 Å². The number of hydrogen-bond donors (Lipinski definition) is 0. The quantitative estimate of drug-likeness (QED) is 0.683. The van der Waals surface area contributed by atoms with Crippen molar-refractivity contribution in [1.82, 2.24) is 19.9 Å². The van der Waals surface area contributed by atoms with Gasteiger partial charge < -0.3 is 9.64 Å². The van der Waals surface area contributed by atoms with Gasteiger partial charge in [-0.05, 0) is 42.5 Å². The molecule has 1 heterocycles. The van der Waals surface area contributed by atoms with Crippen LogP contribution in [0.3, 0.4) is 0 Å². The fourth-order valence-corrected chi connectivity index (χ4v) is 2.38. The predicted octanol–water partition coefficient (Wildman–Crippen LogP) is 2.29. The van der Waals surface area contributed by atoms with E-state index >= 15 is 0 Å². The van der Waals surface area contributed by atoms with E-state index in [1.165, 1.54) is 0 Å². The van der Waals surface area contributed by atoms with Crippen LogP contribution in [-0.4, -0.2) is 46.0 Å². The maximum absolute atomic E-state index is 12.5. The number of ether oxygens (including phenoxy) is 1. The summed E-state index contributed by atoms with van der Waals surface area (Å²) in [6.07, 6.45) is 3.33. The number of benzene rings is 2. The maximum Gasteiger partial charge on any atom is 0.253 e. The van der Waals surface area contributed by atoms with Gasteiger partial charge in [-0.2, -0.15) is 5.26 Å². The average molecular weight is 347 g/mol. The van der Waals surface area contributed by atoms with Crippen LogP contribution in [0.1, 0.15) is 15.9 Å². The van der Waals surface area contributed by atoms with E-state index in [0.29, 0.717) is 30.0 Å². The summed E-state index contributed by atoms with van der Waals surface area (Å²) in [6.45, 7) is 0.772. The van der Waals surface area contributed by atoms with Crippen molar-refractivity contribution < 1.29 is 9.53 Å². The number of carbonyl (C=O) groups excluding carboxylic acids is 1. The lowest BCUT2D eigenvalue weighted by Gasteiger charge is -2.17. The standard InChI is InChI=1S/C19H17N5O2/c1-23(11-12-26-18-4-2-3-15(13-18)14-20)19(25)16-5-7-17(8-6-16)24-10-9-21-22-24/h2-10,13H,11-12H2,1H3. The summed E-state index contributed by atoms with van der Waals surface area (Å²) < 4.78 is 7.24. The lowest BCUT2D eigenvalue weighted by atomic mass is 10.2. The zero-order valence-corrected chi connectivity index (χ0v) is 14.2. The Kier molecular flexibility index (Phi) is 5.25. The van der Waals surface area contributed by atoms with Crippen LogP contribution in [0.4, 0.5) is 0 Å². The summed E-state index contributed by atoms with van der Waals surface area (Å²) in [4.78, 5) is 14.1. The van der Waals surface area contributed by atoms with Crippen molar-refractivity contribution in [3.05, 3.63) is 72.1 Å². The van der Waals surface area contributed by atoms with Gasteiger partial charge in [0.05, 0.1) is 36.3 Å². The number of likely N-dealkylation sites (N-methyl/N-ethyl adjacent to an activating group) is 1. The Balaban J connectivity index is 1.55. The summed E-state index contributed by atoms with van der Waals surface area (Å²) in [5.41, 5.74) is 1.96. The molecule has 26 heavy (non-hydrogen) atoms. The minimum absolute atomic E-state index is 0.0930. The lowest BCUT2D eigenvalue weighted by Crippen LogP contribution is -2.30. The van der Waals surface area contributed by atoms with Crippen molar-refractivity contribution >= 4 is 5.91 Å². The van der Waals surface area contributed by atoms with Gasteiger partial charge in [0, 0.05) is 12.6 Å². The van der Waals surface area contributed by atoms with Gasteiger partial charge in [-0.15, -0.1) is 5.10 Å². The van der Waals surface area contributed by atoms with Gasteiger partial charge in [0.2, 0.25) is 0 Å². The molecule has 0 aliphatic heterocycles. The van der Waals surface area contributed by atoms with Gasteiger partial charge in [-0.1, -0.05) is 11.3 Å². The highest BCUT2D eigenvalue weighted by Gasteiger charge is 2.12. The number of rotatable bonds is 6. The molecule has 2 aromatic carbocycles. The Bertz CT molecular complexity index is 914. The molecule has 130 valence electrons. The second-order valence-corrected chi connectivity index (χ2v) is 5.61. The molecular formula is C19H17N5O2. The van der Waals surface area contributed by atoms with Gasteiger partial charge >= 0.3 is 0 Å². The molecule has 1 amide bonds. The highest BCUT2D eigenvalue weighted by Crippen LogP contribution is 2.13. The highest BCUT2D eigenvalue weighted by atomic mass is 16.5. The number of hydrogen-bond acceptors (Lipinski definition) is 5. The smallest absolute Gasteiger partial charge is 0.253 e. The van der Waals surface area contributed by atoms with Gasteiger partial charge in [0.25, 0.3) is 5.91 Å². The van der Waals surface area contributed by atoms with Crippen LogP contribution in [0.5, 0.6) is 5.75 Å². The van der Waals surface area contributed by atoms with Crippen LogP contribution < -0.4 is 4.74 Å². The topological polar surface area (TPSA) is 84.0 Å². The Morgan fingerprint density at radius 2 is 2.08 bits per heavy atom. The van der Waals surface area contributed by atoms with Crippen LogP contribution in [-0.2, 0) is 0 Å². The molecule has 0 saturated carbocycles. The second-order valence-electron chi connectivity index (χ2n) is 5.61. The van der Waals surface area contributed by atoms with E-state index in [0.717, 1.165) is 5.69 Å². The van der Waals surface area contributed by atoms with Crippen LogP contribution in [0, 0.1) is 11.3 Å². The van der Waals surface area contributed by atoms with Gasteiger partial charge in [-0.25, -0.2) is 4.68 Å². The normalized spacial score (nSPS) is 10.2. The fourth-order valence-electron chi connectivity index (χ4n) is 2.38. The third kappa shape index (κ3) is 4.05. The lowest BCUT2D eigenvalue weighted by molar-refractivity contribution is 0.0774. The Morgan fingerprint density at radius 3 is 2.77 bits per heavy atom. The average Bonchev–Trinajstić information content (AvgIpc) is 3.22. The van der Waals surface area contributed by atoms with E-state index in [1.807, 2.05) is 12.1 Å². The minimum Gasteiger partial charge on any atom is -0.492 e. The third-order valence-corrected chi connectivity index (χ3v) is 3.81. The summed E-state index contributed by atoms with van der Waals surface area (Å²) in [5, 5.41) is 16.6. The van der Waals surface area contributed by atoms with Gasteiger partial charge in [-0.3, -0.25) is 4.79 Å². The molecule has 0 atom stereocenters. The van der Waals surface area contributed by atoms with E-state index in [1.54, 1.807) is 65.4 Å². The van der Waals surface area contributed by atoms with E-state index in [9.17, 15) is 4.79 Å². The number of aromatic nitrogens is 3. The highest BCUT2D eigenvalue weighted by molar-refractivity contribution is 5.94. The van der Waals surface area contributed by atoms with E-state index < -0.39 is 0 Å². The Hall–Kier alpha value is -3.66. The van der Waals surface area contributed by atoms with E-state index in [4.69, 9.17) is 10.00 Å². The van der Waals surface area contributed by atoms with Crippen molar-refractivity contribution in [3.63, 3.8) is 0 Å². The van der Waals surface area contributed by atoms with Crippen LogP contribution in [0.25, 0.3) is 5.69 Å². The monoisotopic (exact) mass is 347 g/mol. The number of nitrogens with zero attached hydrogens (tertiary/aromatic N) is 5. The first-order valence-electron chi connectivity index (χ1n) is 8.02. The SMILES string of the molecule is CN(CCOc1cccc(C#N)c1)C(=O)c1ccc(-n2ccnn2)cc1.